The average Bonchev–Trinajstić information content (AvgIpc) is 3.04. The first-order valence-corrected chi connectivity index (χ1v) is 6.99. The monoisotopic (exact) mass is 301 g/mol. The minimum atomic E-state index is -0.0215. The first-order valence-electron chi connectivity index (χ1n) is 6.99. The molecular weight excluding hydrogens is 278 g/mol. The molecule has 6 nitrogen and oxygen atoms in total. The molecule has 1 unspecified atom stereocenters. The normalized spacial score (nSPS) is 18.4. The van der Waals surface area contributed by atoms with Gasteiger partial charge in [-0.25, -0.2) is 0 Å². The smallest absolute Gasteiger partial charge is 0.276 e. The number of carbonyl (C=O) groups is 1. The second-order valence-electron chi connectivity index (χ2n) is 5.69. The molecule has 1 saturated heterocycles. The van der Waals surface area contributed by atoms with Gasteiger partial charge in [-0.3, -0.25) is 9.48 Å². The van der Waals surface area contributed by atoms with Gasteiger partial charge in [-0.1, -0.05) is 19.1 Å². The quantitative estimate of drug-likeness (QED) is 0.885. The third-order valence-corrected chi connectivity index (χ3v) is 3.60. The molecule has 1 atom stereocenters. The van der Waals surface area contributed by atoms with E-state index in [4.69, 9.17) is 5.73 Å². The van der Waals surface area contributed by atoms with Crippen LogP contribution in [0.4, 0.5) is 0 Å². The number of aryl methyl sites for hydroxylation is 1. The van der Waals surface area contributed by atoms with Gasteiger partial charge in [0.2, 0.25) is 0 Å². The van der Waals surface area contributed by atoms with Gasteiger partial charge in [-0.05, 0) is 31.2 Å². The predicted octanol–water partition coefficient (Wildman–Crippen LogP) is 1.17. The number of rotatable bonds is 5. The number of hydrogen-bond acceptors (Lipinski definition) is 4. The summed E-state index contributed by atoms with van der Waals surface area (Å²) < 4.78 is 1.75. The van der Waals surface area contributed by atoms with E-state index in [-0.39, 0.29) is 18.3 Å². The van der Waals surface area contributed by atoms with Crippen molar-refractivity contribution in [2.75, 3.05) is 19.6 Å². The highest BCUT2D eigenvalue weighted by Gasteiger charge is 2.27. The minimum Gasteiger partial charge on any atom is -0.337 e. The van der Waals surface area contributed by atoms with Crippen molar-refractivity contribution in [3.8, 4) is 0 Å². The van der Waals surface area contributed by atoms with Crippen LogP contribution in [0.3, 0.4) is 0 Å². The number of likely N-dealkylation sites (tertiary alicyclic amines) is 1. The number of halogens is 1. The molecule has 0 bridgehead atoms. The van der Waals surface area contributed by atoms with Gasteiger partial charge in [0.25, 0.3) is 5.91 Å². The van der Waals surface area contributed by atoms with Gasteiger partial charge in [0.05, 0.1) is 6.20 Å². The van der Waals surface area contributed by atoms with Gasteiger partial charge in [0.15, 0.2) is 5.69 Å². The van der Waals surface area contributed by atoms with E-state index in [2.05, 4.69) is 24.2 Å². The van der Waals surface area contributed by atoms with Gasteiger partial charge < -0.3 is 10.6 Å². The van der Waals surface area contributed by atoms with Crippen LogP contribution in [0.1, 0.15) is 37.2 Å². The fourth-order valence-electron chi connectivity index (χ4n) is 2.27. The fourth-order valence-corrected chi connectivity index (χ4v) is 2.27. The maximum atomic E-state index is 12.2. The third-order valence-electron chi connectivity index (χ3n) is 3.60. The lowest BCUT2D eigenvalue weighted by Gasteiger charge is -2.14. The Kier molecular flexibility index (Phi) is 6.42. The van der Waals surface area contributed by atoms with Crippen LogP contribution < -0.4 is 5.73 Å². The highest BCUT2D eigenvalue weighted by Crippen LogP contribution is 2.16. The number of hydrogen-bond donors (Lipinski definition) is 1. The standard InChI is InChI=1S/C13H23N5O.ClH/c1-10(2)3-6-18-9-12(15-16-18)13(19)17-5-4-11(7-14)8-17;/h9-11H,3-8,14H2,1-2H3;1H. The van der Waals surface area contributed by atoms with Crippen molar-refractivity contribution in [3.05, 3.63) is 11.9 Å². The van der Waals surface area contributed by atoms with Crippen LogP contribution in [-0.4, -0.2) is 45.4 Å². The Labute approximate surface area is 126 Å². The molecule has 1 aromatic heterocycles. The number of nitrogens with zero attached hydrogens (tertiary/aromatic N) is 4. The Hall–Kier alpha value is -1.14. The lowest BCUT2D eigenvalue weighted by molar-refractivity contribution is 0.0781. The van der Waals surface area contributed by atoms with Gasteiger partial charge >= 0.3 is 0 Å². The van der Waals surface area contributed by atoms with E-state index in [0.717, 1.165) is 32.5 Å². The molecule has 0 radical (unpaired) electrons. The molecule has 2 rings (SSSR count). The molecule has 0 saturated carbocycles. The van der Waals surface area contributed by atoms with Gasteiger partial charge in [0.1, 0.15) is 0 Å². The summed E-state index contributed by atoms with van der Waals surface area (Å²) in [4.78, 5) is 14.1. The number of nitrogens with two attached hydrogens (primary N) is 1. The van der Waals surface area contributed by atoms with Crippen LogP contribution in [0.15, 0.2) is 6.20 Å². The molecule has 7 heteroatoms. The Morgan fingerprint density at radius 1 is 1.55 bits per heavy atom. The Morgan fingerprint density at radius 2 is 2.30 bits per heavy atom. The molecular formula is C13H24ClN5O. The van der Waals surface area contributed by atoms with E-state index in [9.17, 15) is 4.79 Å². The van der Waals surface area contributed by atoms with E-state index >= 15 is 0 Å². The van der Waals surface area contributed by atoms with E-state index in [1.165, 1.54) is 0 Å². The topological polar surface area (TPSA) is 77.0 Å². The van der Waals surface area contributed by atoms with Crippen LogP contribution in [0.2, 0.25) is 0 Å². The lowest BCUT2D eigenvalue weighted by atomic mass is 10.1. The second kappa shape index (κ2) is 7.59. The molecule has 114 valence electrons. The zero-order valence-electron chi connectivity index (χ0n) is 12.2. The summed E-state index contributed by atoms with van der Waals surface area (Å²) in [6, 6.07) is 0. The van der Waals surface area contributed by atoms with Crippen LogP contribution in [0, 0.1) is 11.8 Å². The van der Waals surface area contributed by atoms with Crippen molar-refractivity contribution in [2.24, 2.45) is 17.6 Å². The van der Waals surface area contributed by atoms with Crippen molar-refractivity contribution in [2.45, 2.75) is 33.2 Å². The molecule has 2 heterocycles. The Balaban J connectivity index is 0.00000200. The highest BCUT2D eigenvalue weighted by molar-refractivity contribution is 5.92. The minimum absolute atomic E-state index is 0. The summed E-state index contributed by atoms with van der Waals surface area (Å²) in [5, 5.41) is 7.99. The molecule has 1 amide bonds. The molecule has 1 aliphatic rings. The Morgan fingerprint density at radius 3 is 2.90 bits per heavy atom. The van der Waals surface area contributed by atoms with Crippen LogP contribution in [0.25, 0.3) is 0 Å². The summed E-state index contributed by atoms with van der Waals surface area (Å²) >= 11 is 0. The molecule has 0 spiro atoms. The number of amides is 1. The largest absolute Gasteiger partial charge is 0.337 e. The third kappa shape index (κ3) is 4.18. The van der Waals surface area contributed by atoms with Crippen molar-refractivity contribution >= 4 is 18.3 Å². The first kappa shape index (κ1) is 16.9. The summed E-state index contributed by atoms with van der Waals surface area (Å²) in [6.07, 6.45) is 3.78. The molecule has 0 aliphatic carbocycles. The second-order valence-corrected chi connectivity index (χ2v) is 5.69. The highest BCUT2D eigenvalue weighted by atomic mass is 35.5. The van der Waals surface area contributed by atoms with Crippen LogP contribution >= 0.6 is 12.4 Å². The lowest BCUT2D eigenvalue weighted by Crippen LogP contribution is -2.30. The Bertz CT molecular complexity index is 434. The van der Waals surface area contributed by atoms with E-state index < -0.39 is 0 Å². The summed E-state index contributed by atoms with van der Waals surface area (Å²) in [7, 11) is 0. The van der Waals surface area contributed by atoms with Crippen molar-refractivity contribution in [1.82, 2.24) is 19.9 Å². The van der Waals surface area contributed by atoms with E-state index in [1.54, 1.807) is 10.9 Å². The maximum Gasteiger partial charge on any atom is 0.276 e. The van der Waals surface area contributed by atoms with Crippen LogP contribution in [-0.2, 0) is 6.54 Å². The average molecular weight is 302 g/mol. The SMILES string of the molecule is CC(C)CCn1cc(C(=O)N2CCC(CN)C2)nn1.Cl. The van der Waals surface area contributed by atoms with Crippen LogP contribution in [0.5, 0.6) is 0 Å². The van der Waals surface area contributed by atoms with Crippen molar-refractivity contribution < 1.29 is 4.79 Å². The molecule has 1 aromatic rings. The zero-order valence-corrected chi connectivity index (χ0v) is 13.0. The van der Waals surface area contributed by atoms with E-state index in [1.807, 2.05) is 4.90 Å². The molecule has 2 N–H and O–H groups in total. The molecule has 20 heavy (non-hydrogen) atoms. The van der Waals surface area contributed by atoms with Gasteiger partial charge in [-0.2, -0.15) is 0 Å². The number of carbonyl (C=O) groups excluding carboxylic acids is 1. The maximum absolute atomic E-state index is 12.2. The predicted molar refractivity (Wildman–Crippen MR) is 79.8 cm³/mol. The molecule has 1 aliphatic heterocycles. The number of aromatic nitrogens is 3. The molecule has 0 aromatic carbocycles. The summed E-state index contributed by atoms with van der Waals surface area (Å²) in [5.41, 5.74) is 6.08. The molecule has 1 fully saturated rings. The first-order chi connectivity index (χ1) is 9.10. The summed E-state index contributed by atoms with van der Waals surface area (Å²) in [6.45, 7) is 7.31. The van der Waals surface area contributed by atoms with E-state index in [0.29, 0.717) is 24.1 Å². The summed E-state index contributed by atoms with van der Waals surface area (Å²) in [5.74, 6) is 1.03. The fraction of sp³-hybridized carbons (Fsp3) is 0.769. The van der Waals surface area contributed by atoms with Gasteiger partial charge in [-0.15, -0.1) is 17.5 Å². The van der Waals surface area contributed by atoms with Crippen molar-refractivity contribution in [3.63, 3.8) is 0 Å². The van der Waals surface area contributed by atoms with Gasteiger partial charge in [0, 0.05) is 19.6 Å². The zero-order chi connectivity index (χ0) is 13.8. The van der Waals surface area contributed by atoms with Crippen molar-refractivity contribution in [1.29, 1.82) is 0 Å².